The summed E-state index contributed by atoms with van der Waals surface area (Å²) in [5.74, 6) is -0.810. The molecule has 1 aromatic heterocycles. The average Bonchev–Trinajstić information content (AvgIpc) is 2.84. The molecule has 98 valence electrons. The lowest BCUT2D eigenvalue weighted by molar-refractivity contribution is -0.179. The highest BCUT2D eigenvalue weighted by Crippen LogP contribution is 2.36. The zero-order valence-corrected chi connectivity index (χ0v) is 11.6. The molecule has 0 amide bonds. The first-order valence-corrected chi connectivity index (χ1v) is 7.25. The summed E-state index contributed by atoms with van der Waals surface area (Å²) in [6.45, 7) is 4.10. The Morgan fingerprint density at radius 2 is 2.22 bits per heavy atom. The molecule has 3 nitrogen and oxygen atoms in total. The van der Waals surface area contributed by atoms with E-state index < -0.39 is 11.6 Å². The molecule has 1 unspecified atom stereocenters. The van der Waals surface area contributed by atoms with Crippen molar-refractivity contribution in [1.29, 1.82) is 0 Å². The van der Waals surface area contributed by atoms with Crippen LogP contribution in [0.2, 0.25) is 0 Å². The van der Waals surface area contributed by atoms with E-state index in [1.54, 1.807) is 11.3 Å². The van der Waals surface area contributed by atoms with Crippen LogP contribution in [0.15, 0.2) is 16.8 Å². The smallest absolute Gasteiger partial charge is 0.375 e. The summed E-state index contributed by atoms with van der Waals surface area (Å²) in [4.78, 5) is 22.8. The van der Waals surface area contributed by atoms with Crippen molar-refractivity contribution in [3.63, 3.8) is 0 Å². The maximum absolute atomic E-state index is 11.5. The minimum Gasteiger partial charge on any atom is -0.453 e. The highest BCUT2D eigenvalue weighted by molar-refractivity contribution is 7.07. The summed E-state index contributed by atoms with van der Waals surface area (Å²) in [5.41, 5.74) is 0.806. The lowest BCUT2D eigenvalue weighted by Crippen LogP contribution is -2.47. The Morgan fingerprint density at radius 1 is 1.44 bits per heavy atom. The molecule has 1 aromatic rings. The number of hydrogen-bond acceptors (Lipinski definition) is 4. The molecule has 0 bridgehead atoms. The largest absolute Gasteiger partial charge is 0.453 e. The Kier molecular flexibility index (Phi) is 3.85. The fourth-order valence-electron chi connectivity index (χ4n) is 2.38. The van der Waals surface area contributed by atoms with Crippen molar-refractivity contribution < 1.29 is 14.3 Å². The lowest BCUT2D eigenvalue weighted by atomic mass is 9.79. The van der Waals surface area contributed by atoms with E-state index in [9.17, 15) is 9.59 Å². The first-order valence-electron chi connectivity index (χ1n) is 6.31. The molecule has 0 saturated carbocycles. The van der Waals surface area contributed by atoms with E-state index in [0.717, 1.165) is 12.8 Å². The predicted molar refractivity (Wildman–Crippen MR) is 70.5 cm³/mol. The number of ether oxygens (including phenoxy) is 1. The van der Waals surface area contributed by atoms with Gasteiger partial charge in [-0.25, -0.2) is 4.79 Å². The van der Waals surface area contributed by atoms with Gasteiger partial charge in [0, 0.05) is 6.42 Å². The molecule has 1 fully saturated rings. The van der Waals surface area contributed by atoms with E-state index in [1.165, 1.54) is 5.56 Å². The number of Topliss-reactive ketones (excluding diaryl/α,β-unsaturated/α-hetero) is 1. The molecule has 1 saturated heterocycles. The minimum atomic E-state index is -0.653. The maximum atomic E-state index is 11.5. The van der Waals surface area contributed by atoms with Crippen LogP contribution in [-0.2, 0) is 20.7 Å². The second-order valence-corrected chi connectivity index (χ2v) is 5.94. The molecule has 18 heavy (non-hydrogen) atoms. The molecule has 0 N–H and O–H groups in total. The van der Waals surface area contributed by atoms with Crippen molar-refractivity contribution in [3.05, 3.63) is 22.4 Å². The molecule has 4 heteroatoms. The van der Waals surface area contributed by atoms with Crippen molar-refractivity contribution in [1.82, 2.24) is 0 Å². The second kappa shape index (κ2) is 5.22. The second-order valence-electron chi connectivity index (χ2n) is 5.16. The van der Waals surface area contributed by atoms with Gasteiger partial charge in [0.1, 0.15) is 5.60 Å². The van der Waals surface area contributed by atoms with Crippen molar-refractivity contribution in [2.75, 3.05) is 0 Å². The molecule has 2 heterocycles. The zero-order chi connectivity index (χ0) is 13.2. The number of aryl methyl sites for hydroxylation is 1. The third-order valence-electron chi connectivity index (χ3n) is 3.77. The number of carbonyl (C=O) groups excluding carboxylic acids is 2. The van der Waals surface area contributed by atoms with Gasteiger partial charge in [0.05, 0.1) is 0 Å². The lowest BCUT2D eigenvalue weighted by Gasteiger charge is -2.39. The van der Waals surface area contributed by atoms with E-state index in [-0.39, 0.29) is 11.7 Å². The molecule has 0 aliphatic carbocycles. The van der Waals surface area contributed by atoms with Gasteiger partial charge in [0.2, 0.25) is 5.78 Å². The predicted octanol–water partition coefficient (Wildman–Crippen LogP) is 2.98. The van der Waals surface area contributed by atoms with E-state index in [0.29, 0.717) is 12.8 Å². The number of thiophene rings is 1. The van der Waals surface area contributed by atoms with Crippen LogP contribution in [0.3, 0.4) is 0 Å². The Bertz CT molecular complexity index is 436. The van der Waals surface area contributed by atoms with Gasteiger partial charge in [-0.05, 0) is 47.6 Å². The number of ketones is 1. The van der Waals surface area contributed by atoms with Crippen LogP contribution in [0, 0.1) is 5.92 Å². The fraction of sp³-hybridized carbons (Fsp3) is 0.571. The Labute approximate surface area is 111 Å². The van der Waals surface area contributed by atoms with Crippen LogP contribution in [0.4, 0.5) is 0 Å². The summed E-state index contributed by atoms with van der Waals surface area (Å²) in [6.07, 6.45) is 2.66. The zero-order valence-electron chi connectivity index (χ0n) is 10.8. The first kappa shape index (κ1) is 13.3. The normalized spacial score (nSPS) is 24.4. The van der Waals surface area contributed by atoms with Crippen LogP contribution in [-0.4, -0.2) is 17.4 Å². The third kappa shape index (κ3) is 2.64. The molecule has 0 radical (unpaired) electrons. The summed E-state index contributed by atoms with van der Waals surface area (Å²) in [6, 6.07) is 2.09. The van der Waals surface area contributed by atoms with E-state index >= 15 is 0 Å². The monoisotopic (exact) mass is 266 g/mol. The van der Waals surface area contributed by atoms with E-state index in [2.05, 4.69) is 25.3 Å². The average molecular weight is 266 g/mol. The van der Waals surface area contributed by atoms with Crippen molar-refractivity contribution in [2.45, 2.75) is 45.1 Å². The van der Waals surface area contributed by atoms with Gasteiger partial charge in [-0.15, -0.1) is 0 Å². The molecule has 1 aliphatic heterocycles. The van der Waals surface area contributed by atoms with Crippen LogP contribution in [0.25, 0.3) is 0 Å². The van der Waals surface area contributed by atoms with Crippen LogP contribution >= 0.6 is 11.3 Å². The quantitative estimate of drug-likeness (QED) is 0.621. The van der Waals surface area contributed by atoms with E-state index in [4.69, 9.17) is 4.74 Å². The van der Waals surface area contributed by atoms with Gasteiger partial charge >= 0.3 is 5.97 Å². The fourth-order valence-corrected chi connectivity index (χ4v) is 3.08. The summed E-state index contributed by atoms with van der Waals surface area (Å²) in [5, 5.41) is 4.16. The number of carbonyl (C=O) groups is 2. The number of hydrogen-bond donors (Lipinski definition) is 0. The van der Waals surface area contributed by atoms with Gasteiger partial charge in [-0.2, -0.15) is 11.3 Å². The van der Waals surface area contributed by atoms with Gasteiger partial charge < -0.3 is 4.74 Å². The third-order valence-corrected chi connectivity index (χ3v) is 4.50. The summed E-state index contributed by atoms with van der Waals surface area (Å²) >= 11 is 1.67. The number of cyclic esters (lactones) is 1. The Morgan fingerprint density at radius 3 is 2.78 bits per heavy atom. The maximum Gasteiger partial charge on any atom is 0.375 e. The molecule has 2 rings (SSSR count). The van der Waals surface area contributed by atoms with Gasteiger partial charge in [0.25, 0.3) is 0 Å². The van der Waals surface area contributed by atoms with Crippen LogP contribution in [0.5, 0.6) is 0 Å². The topological polar surface area (TPSA) is 43.4 Å². The van der Waals surface area contributed by atoms with Crippen molar-refractivity contribution in [2.24, 2.45) is 5.92 Å². The molecule has 1 atom stereocenters. The van der Waals surface area contributed by atoms with Gasteiger partial charge in [0.15, 0.2) is 0 Å². The molecule has 0 spiro atoms. The minimum absolute atomic E-state index is 0.230. The number of rotatable bonds is 4. The van der Waals surface area contributed by atoms with Gasteiger partial charge in [-0.3, -0.25) is 4.79 Å². The van der Waals surface area contributed by atoms with E-state index in [1.807, 2.05) is 5.38 Å². The Hall–Kier alpha value is -1.16. The molecule has 1 aliphatic rings. The highest BCUT2D eigenvalue weighted by Gasteiger charge is 2.43. The number of esters is 1. The molecular weight excluding hydrogens is 248 g/mol. The van der Waals surface area contributed by atoms with Gasteiger partial charge in [-0.1, -0.05) is 13.8 Å². The standard InChI is InChI=1S/C14H18O3S/c1-10(2)14(6-3-11-5-8-18-9-11)7-4-12(15)13(16)17-14/h5,8-10H,3-4,6-7H2,1-2H3. The first-order chi connectivity index (χ1) is 8.53. The summed E-state index contributed by atoms with van der Waals surface area (Å²) in [7, 11) is 0. The van der Waals surface area contributed by atoms with Crippen molar-refractivity contribution >= 4 is 23.1 Å². The van der Waals surface area contributed by atoms with Crippen LogP contribution in [0.1, 0.15) is 38.7 Å². The SMILES string of the molecule is CC(C)C1(CCc2ccsc2)CCC(=O)C(=O)O1. The molecular formula is C14H18O3S. The molecule has 0 aromatic carbocycles. The Balaban J connectivity index is 2.07. The summed E-state index contributed by atoms with van der Waals surface area (Å²) < 4.78 is 5.46. The van der Waals surface area contributed by atoms with Crippen molar-refractivity contribution in [3.8, 4) is 0 Å². The highest BCUT2D eigenvalue weighted by atomic mass is 32.1. The van der Waals surface area contributed by atoms with Crippen LogP contribution < -0.4 is 0 Å².